The quantitative estimate of drug-likeness (QED) is 0.418. The summed E-state index contributed by atoms with van der Waals surface area (Å²) in [4.78, 5) is 52.2. The van der Waals surface area contributed by atoms with E-state index < -0.39 is 40.6 Å². The van der Waals surface area contributed by atoms with Gasteiger partial charge in [-0.15, -0.1) is 0 Å². The highest BCUT2D eigenvalue weighted by atomic mass is 16.4. The first-order valence-corrected chi connectivity index (χ1v) is 7.96. The molecule has 0 bridgehead atoms. The van der Waals surface area contributed by atoms with Gasteiger partial charge in [-0.2, -0.15) is 0 Å². The maximum absolute atomic E-state index is 11.4. The van der Waals surface area contributed by atoms with Crippen molar-refractivity contribution in [3.63, 3.8) is 0 Å². The highest BCUT2D eigenvalue weighted by Crippen LogP contribution is 2.31. The van der Waals surface area contributed by atoms with E-state index in [1.807, 2.05) is 0 Å². The second-order valence-corrected chi connectivity index (χ2v) is 5.87. The molecule has 1 aromatic heterocycles. The summed E-state index contributed by atoms with van der Waals surface area (Å²) in [7, 11) is 0. The van der Waals surface area contributed by atoms with Gasteiger partial charge in [-0.1, -0.05) is 12.1 Å². The normalized spacial score (nSPS) is 10.5. The average Bonchev–Trinajstić information content (AvgIpc) is 3.16. The molecular formula is C19H12N2O8. The molecule has 0 aliphatic carbocycles. The van der Waals surface area contributed by atoms with Gasteiger partial charge in [0, 0.05) is 11.1 Å². The summed E-state index contributed by atoms with van der Waals surface area (Å²) in [6, 6.07) is 7.34. The van der Waals surface area contributed by atoms with Crippen LogP contribution in [-0.4, -0.2) is 54.3 Å². The number of benzene rings is 2. The Morgan fingerprint density at radius 3 is 1.59 bits per heavy atom. The fraction of sp³-hybridized carbons (Fsp3) is 0. The van der Waals surface area contributed by atoms with Gasteiger partial charge < -0.3 is 25.4 Å². The first kappa shape index (κ1) is 19.3. The molecule has 0 atom stereocenters. The van der Waals surface area contributed by atoms with Crippen molar-refractivity contribution in [3.05, 3.63) is 65.0 Å². The Bertz CT molecular complexity index is 1090. The maximum atomic E-state index is 11.4. The van der Waals surface area contributed by atoms with Crippen molar-refractivity contribution in [3.8, 4) is 22.5 Å². The van der Waals surface area contributed by atoms with Crippen LogP contribution >= 0.6 is 0 Å². The van der Waals surface area contributed by atoms with E-state index in [9.17, 15) is 29.4 Å². The van der Waals surface area contributed by atoms with E-state index in [1.165, 1.54) is 18.5 Å². The highest BCUT2D eigenvalue weighted by Gasteiger charge is 2.21. The van der Waals surface area contributed by atoms with Crippen molar-refractivity contribution in [2.75, 3.05) is 0 Å². The molecule has 146 valence electrons. The molecule has 0 saturated carbocycles. The standard InChI is InChI=1S/C19H12N2O8/c22-16(23)10-3-1-8(5-12(10)18(26)27)14-15(21-7-20-14)9-2-4-11(17(24)25)13(6-9)19(28)29/h1-7H,(H,20,21)(H,22,23)(H,24,25)(H,26,27)(H,28,29). The van der Waals surface area contributed by atoms with Gasteiger partial charge >= 0.3 is 23.9 Å². The Kier molecular flexibility index (Phi) is 4.84. The molecule has 2 aromatic carbocycles. The summed E-state index contributed by atoms with van der Waals surface area (Å²) in [5, 5.41) is 36.9. The minimum Gasteiger partial charge on any atom is -0.478 e. The lowest BCUT2D eigenvalue weighted by atomic mass is 9.97. The minimum atomic E-state index is -1.43. The van der Waals surface area contributed by atoms with E-state index in [0.717, 1.165) is 24.3 Å². The average molecular weight is 396 g/mol. The monoisotopic (exact) mass is 396 g/mol. The largest absolute Gasteiger partial charge is 0.478 e. The van der Waals surface area contributed by atoms with Crippen LogP contribution in [0, 0.1) is 0 Å². The Morgan fingerprint density at radius 2 is 1.10 bits per heavy atom. The Morgan fingerprint density at radius 1 is 0.655 bits per heavy atom. The zero-order chi connectivity index (χ0) is 21.3. The van der Waals surface area contributed by atoms with E-state index in [1.54, 1.807) is 0 Å². The summed E-state index contributed by atoms with van der Waals surface area (Å²) in [6.07, 6.45) is 1.29. The third-order valence-corrected chi connectivity index (χ3v) is 4.16. The lowest BCUT2D eigenvalue weighted by Gasteiger charge is -2.08. The SMILES string of the molecule is O=C(O)c1ccc(-c2nc[nH]c2-c2ccc(C(=O)O)c(C(=O)O)c2)cc1C(=O)O. The zero-order valence-electron chi connectivity index (χ0n) is 14.4. The smallest absolute Gasteiger partial charge is 0.336 e. The molecule has 3 aromatic rings. The van der Waals surface area contributed by atoms with Gasteiger partial charge in [-0.25, -0.2) is 24.2 Å². The molecule has 1 heterocycles. The number of carbonyl (C=O) groups is 4. The van der Waals surface area contributed by atoms with Crippen LogP contribution in [0.3, 0.4) is 0 Å². The van der Waals surface area contributed by atoms with Gasteiger partial charge in [0.1, 0.15) is 0 Å². The second-order valence-electron chi connectivity index (χ2n) is 5.87. The fourth-order valence-electron chi connectivity index (χ4n) is 2.85. The molecule has 0 spiro atoms. The van der Waals surface area contributed by atoms with Gasteiger partial charge in [-0.3, -0.25) is 0 Å². The van der Waals surface area contributed by atoms with E-state index >= 15 is 0 Å². The fourth-order valence-corrected chi connectivity index (χ4v) is 2.85. The number of carboxylic acids is 4. The van der Waals surface area contributed by atoms with Crippen LogP contribution in [0.2, 0.25) is 0 Å². The number of hydrogen-bond acceptors (Lipinski definition) is 5. The minimum absolute atomic E-state index is 0.240. The van der Waals surface area contributed by atoms with E-state index in [2.05, 4.69) is 9.97 Å². The predicted octanol–water partition coefficient (Wildman–Crippen LogP) is 2.54. The second kappa shape index (κ2) is 7.27. The summed E-state index contributed by atoms with van der Waals surface area (Å²) >= 11 is 0. The first-order chi connectivity index (χ1) is 13.7. The molecule has 0 saturated heterocycles. The molecule has 29 heavy (non-hydrogen) atoms. The predicted molar refractivity (Wildman–Crippen MR) is 97.3 cm³/mol. The number of nitrogens with zero attached hydrogens (tertiary/aromatic N) is 1. The lowest BCUT2D eigenvalue weighted by molar-refractivity contribution is 0.0651. The number of rotatable bonds is 6. The van der Waals surface area contributed by atoms with Crippen molar-refractivity contribution >= 4 is 23.9 Å². The van der Waals surface area contributed by atoms with E-state index in [-0.39, 0.29) is 16.8 Å². The maximum Gasteiger partial charge on any atom is 0.336 e. The van der Waals surface area contributed by atoms with Gasteiger partial charge in [0.2, 0.25) is 0 Å². The zero-order valence-corrected chi connectivity index (χ0v) is 14.4. The van der Waals surface area contributed by atoms with Crippen molar-refractivity contribution in [2.24, 2.45) is 0 Å². The van der Waals surface area contributed by atoms with Crippen molar-refractivity contribution in [2.45, 2.75) is 0 Å². The molecule has 0 unspecified atom stereocenters. The molecule has 5 N–H and O–H groups in total. The molecule has 0 fully saturated rings. The Labute approximate surface area is 161 Å². The molecular weight excluding hydrogens is 384 g/mol. The third-order valence-electron chi connectivity index (χ3n) is 4.16. The third kappa shape index (κ3) is 3.54. The van der Waals surface area contributed by atoms with Gasteiger partial charge in [0.25, 0.3) is 0 Å². The van der Waals surface area contributed by atoms with Gasteiger partial charge in [0.05, 0.1) is 40.0 Å². The molecule has 10 nitrogen and oxygen atoms in total. The number of aromatic amines is 1. The molecule has 0 aliphatic heterocycles. The van der Waals surface area contributed by atoms with E-state index in [0.29, 0.717) is 11.3 Å². The van der Waals surface area contributed by atoms with Crippen LogP contribution < -0.4 is 0 Å². The Balaban J connectivity index is 2.16. The van der Waals surface area contributed by atoms with Crippen molar-refractivity contribution in [1.82, 2.24) is 9.97 Å². The van der Waals surface area contributed by atoms with Gasteiger partial charge in [0.15, 0.2) is 0 Å². The van der Waals surface area contributed by atoms with Crippen LogP contribution in [0.1, 0.15) is 41.4 Å². The van der Waals surface area contributed by atoms with Crippen LogP contribution in [-0.2, 0) is 0 Å². The van der Waals surface area contributed by atoms with Gasteiger partial charge in [-0.05, 0) is 24.3 Å². The number of imidazole rings is 1. The molecule has 10 heteroatoms. The summed E-state index contributed by atoms with van der Waals surface area (Å²) < 4.78 is 0. The molecule has 3 rings (SSSR count). The number of aromatic nitrogens is 2. The summed E-state index contributed by atoms with van der Waals surface area (Å²) in [5.74, 6) is -5.65. The number of aromatic carboxylic acids is 4. The van der Waals surface area contributed by atoms with E-state index in [4.69, 9.17) is 10.2 Å². The molecule has 0 amide bonds. The number of carboxylic acid groups (broad SMARTS) is 4. The lowest BCUT2D eigenvalue weighted by Crippen LogP contribution is -2.08. The number of nitrogens with one attached hydrogen (secondary N) is 1. The summed E-state index contributed by atoms with van der Waals surface area (Å²) in [6.45, 7) is 0. The van der Waals surface area contributed by atoms with Crippen molar-refractivity contribution in [1.29, 1.82) is 0 Å². The van der Waals surface area contributed by atoms with Crippen molar-refractivity contribution < 1.29 is 39.6 Å². The number of H-pyrrole nitrogens is 1. The van der Waals surface area contributed by atoms with Crippen LogP contribution in [0.25, 0.3) is 22.5 Å². The summed E-state index contributed by atoms with van der Waals surface area (Å²) in [5.41, 5.74) is -0.507. The van der Waals surface area contributed by atoms with Crippen LogP contribution in [0.4, 0.5) is 0 Å². The first-order valence-electron chi connectivity index (χ1n) is 7.96. The molecule has 0 radical (unpaired) electrons. The van der Waals surface area contributed by atoms with Crippen LogP contribution in [0.15, 0.2) is 42.7 Å². The number of hydrogen-bond donors (Lipinski definition) is 5. The highest BCUT2D eigenvalue weighted by molar-refractivity contribution is 6.04. The van der Waals surface area contributed by atoms with Crippen LogP contribution in [0.5, 0.6) is 0 Å². The topological polar surface area (TPSA) is 178 Å². The molecule has 0 aliphatic rings. The Hall–Kier alpha value is -4.47.